The molecule has 3 aromatic rings. The monoisotopic (exact) mass is 379 g/mol. The van der Waals surface area contributed by atoms with E-state index in [0.29, 0.717) is 21.0 Å². The van der Waals surface area contributed by atoms with Crippen LogP contribution < -0.4 is 5.32 Å². The summed E-state index contributed by atoms with van der Waals surface area (Å²) in [6.07, 6.45) is -3.85. The average molecular weight is 380 g/mol. The number of aromatic nitrogens is 2. The van der Waals surface area contributed by atoms with Gasteiger partial charge in [0.1, 0.15) is 0 Å². The van der Waals surface area contributed by atoms with Gasteiger partial charge in [0, 0.05) is 10.7 Å². The number of anilines is 1. The minimum absolute atomic E-state index is 0.206. The highest BCUT2D eigenvalue weighted by molar-refractivity contribution is 6.31. The van der Waals surface area contributed by atoms with Crippen molar-refractivity contribution < 1.29 is 18.0 Å². The Morgan fingerprint density at radius 3 is 2.46 bits per heavy atom. The molecule has 0 bridgehead atoms. The van der Waals surface area contributed by atoms with Crippen molar-refractivity contribution in [3.05, 3.63) is 76.6 Å². The van der Waals surface area contributed by atoms with Crippen molar-refractivity contribution in [2.24, 2.45) is 0 Å². The average Bonchev–Trinajstić information content (AvgIpc) is 3.05. The second-order valence-corrected chi connectivity index (χ2v) is 5.93. The molecule has 26 heavy (non-hydrogen) atoms. The molecule has 0 aliphatic rings. The number of nitrogens with one attached hydrogen (secondary N) is 1. The molecule has 0 fully saturated rings. The molecule has 0 radical (unpaired) electrons. The Hall–Kier alpha value is -2.80. The van der Waals surface area contributed by atoms with E-state index in [-0.39, 0.29) is 5.69 Å². The van der Waals surface area contributed by atoms with Crippen LogP contribution in [0.1, 0.15) is 21.6 Å². The van der Waals surface area contributed by atoms with Crippen LogP contribution in [-0.2, 0) is 6.18 Å². The third-order valence-corrected chi connectivity index (χ3v) is 4.21. The summed E-state index contributed by atoms with van der Waals surface area (Å²) in [5, 5.41) is 6.63. The number of rotatable bonds is 3. The molecule has 0 aliphatic heterocycles. The number of nitrogens with zero attached hydrogens (tertiary/aromatic N) is 2. The molecule has 2 aromatic carbocycles. The first kappa shape index (κ1) is 18.0. The molecule has 0 saturated carbocycles. The zero-order valence-corrected chi connectivity index (χ0v) is 14.3. The summed E-state index contributed by atoms with van der Waals surface area (Å²) in [6, 6.07) is 12.6. The van der Waals surface area contributed by atoms with E-state index < -0.39 is 23.3 Å². The second-order valence-electron chi connectivity index (χ2n) is 5.52. The summed E-state index contributed by atoms with van der Waals surface area (Å²) in [7, 11) is 0. The molecule has 1 amide bonds. The van der Waals surface area contributed by atoms with Crippen LogP contribution >= 0.6 is 11.6 Å². The van der Waals surface area contributed by atoms with Gasteiger partial charge in [-0.05, 0) is 36.8 Å². The lowest BCUT2D eigenvalue weighted by Crippen LogP contribution is -2.21. The van der Waals surface area contributed by atoms with E-state index in [1.165, 1.54) is 12.1 Å². The van der Waals surface area contributed by atoms with E-state index in [1.807, 2.05) is 0 Å². The van der Waals surface area contributed by atoms with Crippen molar-refractivity contribution in [3.8, 4) is 5.69 Å². The van der Waals surface area contributed by atoms with Gasteiger partial charge in [0.2, 0.25) is 0 Å². The van der Waals surface area contributed by atoms with Crippen molar-refractivity contribution in [2.45, 2.75) is 13.1 Å². The SMILES string of the molecule is Cc1c(Cl)cccc1NC(=O)c1cnn(-c2ccccc2)c1C(F)(F)F. The van der Waals surface area contributed by atoms with Gasteiger partial charge >= 0.3 is 6.18 Å². The Kier molecular flexibility index (Phi) is 4.73. The van der Waals surface area contributed by atoms with Crippen molar-refractivity contribution in [1.29, 1.82) is 0 Å². The summed E-state index contributed by atoms with van der Waals surface area (Å²) in [6.45, 7) is 1.66. The largest absolute Gasteiger partial charge is 0.434 e. The minimum Gasteiger partial charge on any atom is -0.322 e. The zero-order valence-electron chi connectivity index (χ0n) is 13.5. The van der Waals surface area contributed by atoms with Gasteiger partial charge in [-0.1, -0.05) is 35.9 Å². The number of hydrogen-bond acceptors (Lipinski definition) is 2. The number of hydrogen-bond donors (Lipinski definition) is 1. The van der Waals surface area contributed by atoms with Gasteiger partial charge in [-0.3, -0.25) is 4.79 Å². The molecule has 0 aliphatic carbocycles. The molecule has 1 aromatic heterocycles. The zero-order chi connectivity index (χ0) is 18.9. The van der Waals surface area contributed by atoms with Crippen LogP contribution in [0, 0.1) is 6.92 Å². The van der Waals surface area contributed by atoms with Gasteiger partial charge in [0.05, 0.1) is 17.4 Å². The molecule has 0 saturated heterocycles. The topological polar surface area (TPSA) is 46.9 Å². The lowest BCUT2D eigenvalue weighted by molar-refractivity contribution is -0.143. The van der Waals surface area contributed by atoms with E-state index in [0.717, 1.165) is 6.20 Å². The molecule has 8 heteroatoms. The number of benzene rings is 2. The normalized spacial score (nSPS) is 11.4. The quantitative estimate of drug-likeness (QED) is 0.687. The smallest absolute Gasteiger partial charge is 0.322 e. The van der Waals surface area contributed by atoms with Gasteiger partial charge < -0.3 is 5.32 Å². The van der Waals surface area contributed by atoms with E-state index in [9.17, 15) is 18.0 Å². The maximum absolute atomic E-state index is 13.6. The molecule has 0 unspecified atom stereocenters. The minimum atomic E-state index is -4.76. The molecule has 0 atom stereocenters. The number of alkyl halides is 3. The predicted octanol–water partition coefficient (Wildman–Crippen LogP) is 5.11. The van der Waals surface area contributed by atoms with E-state index in [2.05, 4.69) is 10.4 Å². The first-order chi connectivity index (χ1) is 12.3. The summed E-state index contributed by atoms with van der Waals surface area (Å²) in [4.78, 5) is 12.5. The van der Waals surface area contributed by atoms with Crippen LogP contribution in [0.15, 0.2) is 54.7 Å². The second kappa shape index (κ2) is 6.84. The van der Waals surface area contributed by atoms with Crippen molar-refractivity contribution in [2.75, 3.05) is 5.32 Å². The number of para-hydroxylation sites is 1. The maximum Gasteiger partial charge on any atom is 0.434 e. The van der Waals surface area contributed by atoms with Crippen LogP contribution in [0.4, 0.5) is 18.9 Å². The Bertz CT molecular complexity index is 952. The van der Waals surface area contributed by atoms with Gasteiger partial charge in [-0.25, -0.2) is 4.68 Å². The third-order valence-electron chi connectivity index (χ3n) is 3.80. The number of amides is 1. The molecule has 3 rings (SSSR count). The third kappa shape index (κ3) is 3.43. The molecule has 134 valence electrons. The summed E-state index contributed by atoms with van der Waals surface area (Å²) in [5.41, 5.74) is -0.603. The predicted molar refractivity (Wildman–Crippen MR) is 92.7 cm³/mol. The molecular weight excluding hydrogens is 367 g/mol. The van der Waals surface area contributed by atoms with Crippen LogP contribution in [0.25, 0.3) is 5.69 Å². The van der Waals surface area contributed by atoms with Crippen molar-refractivity contribution >= 4 is 23.2 Å². The highest BCUT2D eigenvalue weighted by atomic mass is 35.5. The Morgan fingerprint density at radius 2 is 1.81 bits per heavy atom. The van der Waals surface area contributed by atoms with Crippen LogP contribution in [0.5, 0.6) is 0 Å². The highest BCUT2D eigenvalue weighted by Gasteiger charge is 2.40. The van der Waals surface area contributed by atoms with Crippen LogP contribution in [-0.4, -0.2) is 15.7 Å². The molecular formula is C18H13ClF3N3O. The molecule has 1 heterocycles. The Morgan fingerprint density at radius 1 is 1.12 bits per heavy atom. The summed E-state index contributed by atoms with van der Waals surface area (Å²) in [5.74, 6) is -0.912. The van der Waals surface area contributed by atoms with Crippen molar-refractivity contribution in [1.82, 2.24) is 9.78 Å². The summed E-state index contributed by atoms with van der Waals surface area (Å²) < 4.78 is 41.5. The fourth-order valence-corrected chi connectivity index (χ4v) is 2.66. The van der Waals surface area contributed by atoms with Crippen molar-refractivity contribution in [3.63, 3.8) is 0 Å². The van der Waals surface area contributed by atoms with Gasteiger partial charge in [0.25, 0.3) is 5.91 Å². The lowest BCUT2D eigenvalue weighted by Gasteiger charge is -2.13. The van der Waals surface area contributed by atoms with Crippen LogP contribution in [0.2, 0.25) is 5.02 Å². The number of carbonyl (C=O) groups is 1. The highest BCUT2D eigenvalue weighted by Crippen LogP contribution is 2.34. The van der Waals surface area contributed by atoms with Gasteiger partial charge in [-0.15, -0.1) is 0 Å². The fourth-order valence-electron chi connectivity index (χ4n) is 2.48. The molecule has 0 spiro atoms. The first-order valence-corrected chi connectivity index (χ1v) is 7.94. The Labute approximate surface area is 152 Å². The van der Waals surface area contributed by atoms with Crippen LogP contribution in [0.3, 0.4) is 0 Å². The number of carbonyl (C=O) groups excluding carboxylic acids is 1. The fraction of sp³-hybridized carbons (Fsp3) is 0.111. The standard InChI is InChI=1S/C18H13ClF3N3O/c1-11-14(19)8-5-9-15(11)24-17(26)13-10-23-25(16(13)18(20,21)22)12-6-3-2-4-7-12/h2-10H,1H3,(H,24,26). The van der Waals surface area contributed by atoms with E-state index >= 15 is 0 Å². The molecule has 4 nitrogen and oxygen atoms in total. The molecule has 1 N–H and O–H groups in total. The van der Waals surface area contributed by atoms with E-state index in [4.69, 9.17) is 11.6 Å². The van der Waals surface area contributed by atoms with E-state index in [1.54, 1.807) is 43.3 Å². The lowest BCUT2D eigenvalue weighted by atomic mass is 10.1. The number of halogens is 4. The van der Waals surface area contributed by atoms with Gasteiger partial charge in [0.15, 0.2) is 5.69 Å². The summed E-state index contributed by atoms with van der Waals surface area (Å²) >= 11 is 5.98. The first-order valence-electron chi connectivity index (χ1n) is 7.56. The maximum atomic E-state index is 13.6. The van der Waals surface area contributed by atoms with Gasteiger partial charge in [-0.2, -0.15) is 18.3 Å². The Balaban J connectivity index is 2.04.